The molecule has 0 atom stereocenters. The minimum absolute atomic E-state index is 0.120. The summed E-state index contributed by atoms with van der Waals surface area (Å²) in [6.07, 6.45) is 1.14. The third-order valence-corrected chi connectivity index (χ3v) is 3.21. The van der Waals surface area contributed by atoms with Crippen LogP contribution in [0.4, 0.5) is 0 Å². The van der Waals surface area contributed by atoms with E-state index in [1.807, 2.05) is 17.7 Å². The minimum atomic E-state index is -0.807. The molecule has 5 nitrogen and oxygen atoms in total. The van der Waals surface area contributed by atoms with E-state index in [4.69, 9.17) is 9.63 Å². The van der Waals surface area contributed by atoms with Crippen LogP contribution in [-0.4, -0.2) is 21.2 Å². The summed E-state index contributed by atoms with van der Waals surface area (Å²) >= 11 is 1.59. The summed E-state index contributed by atoms with van der Waals surface area (Å²) in [5.74, 6) is 0.263. The molecule has 0 amide bonds. The largest absolute Gasteiger partial charge is 0.481 e. The van der Waals surface area contributed by atoms with Gasteiger partial charge >= 0.3 is 5.97 Å². The monoisotopic (exact) mass is 252 g/mol. The minimum Gasteiger partial charge on any atom is -0.481 e. The first-order valence-electron chi connectivity index (χ1n) is 5.24. The molecule has 0 aliphatic rings. The summed E-state index contributed by atoms with van der Waals surface area (Å²) in [6, 6.07) is 0. The summed E-state index contributed by atoms with van der Waals surface area (Å²) in [6.45, 7) is 1.99. The Kier molecular flexibility index (Phi) is 3.53. The van der Waals surface area contributed by atoms with Crippen molar-refractivity contribution in [2.45, 2.75) is 26.2 Å². The number of rotatable bonds is 5. The molecule has 0 aliphatic carbocycles. The highest BCUT2D eigenvalue weighted by molar-refractivity contribution is 7.08. The zero-order valence-electron chi connectivity index (χ0n) is 9.34. The van der Waals surface area contributed by atoms with E-state index >= 15 is 0 Å². The van der Waals surface area contributed by atoms with E-state index in [1.165, 1.54) is 0 Å². The predicted octanol–water partition coefficient (Wildman–Crippen LogP) is 2.51. The van der Waals surface area contributed by atoms with E-state index in [1.54, 1.807) is 11.3 Å². The van der Waals surface area contributed by atoms with Gasteiger partial charge in [0.25, 0.3) is 0 Å². The second kappa shape index (κ2) is 5.09. The zero-order chi connectivity index (χ0) is 12.3. The smallest absolute Gasteiger partial charge is 0.303 e. The van der Waals surface area contributed by atoms with Gasteiger partial charge in [0.1, 0.15) is 0 Å². The lowest BCUT2D eigenvalue weighted by Gasteiger charge is -1.91. The Hall–Kier alpha value is -1.69. The Balaban J connectivity index is 2.01. The Labute approximate surface area is 102 Å². The van der Waals surface area contributed by atoms with E-state index in [9.17, 15) is 4.79 Å². The van der Waals surface area contributed by atoms with Crippen LogP contribution in [0.3, 0.4) is 0 Å². The normalized spacial score (nSPS) is 10.6. The summed E-state index contributed by atoms with van der Waals surface area (Å²) in [4.78, 5) is 14.6. The van der Waals surface area contributed by atoms with E-state index in [2.05, 4.69) is 10.1 Å². The molecule has 6 heteroatoms. The predicted molar refractivity (Wildman–Crippen MR) is 62.9 cm³/mol. The molecule has 0 aliphatic heterocycles. The number of aliphatic carboxylic acids is 1. The number of carboxylic acid groups (broad SMARTS) is 1. The number of aryl methyl sites for hydroxylation is 2. The highest BCUT2D eigenvalue weighted by atomic mass is 32.1. The maximum absolute atomic E-state index is 10.4. The molecular formula is C11H12N2O3S. The van der Waals surface area contributed by atoms with Crippen LogP contribution < -0.4 is 0 Å². The fourth-order valence-electron chi connectivity index (χ4n) is 1.45. The lowest BCUT2D eigenvalue weighted by molar-refractivity contribution is -0.137. The van der Waals surface area contributed by atoms with Crippen LogP contribution in [0.5, 0.6) is 0 Å². The van der Waals surface area contributed by atoms with Gasteiger partial charge < -0.3 is 9.63 Å². The Morgan fingerprint density at radius 3 is 3.00 bits per heavy atom. The molecule has 0 saturated carbocycles. The average molecular weight is 252 g/mol. The van der Waals surface area contributed by atoms with Gasteiger partial charge in [-0.05, 0) is 24.3 Å². The third-order valence-electron chi connectivity index (χ3n) is 2.35. The average Bonchev–Trinajstić information content (AvgIpc) is 2.86. The number of hydrogen-bond acceptors (Lipinski definition) is 5. The number of carboxylic acids is 1. The van der Waals surface area contributed by atoms with Gasteiger partial charge in [-0.1, -0.05) is 5.16 Å². The van der Waals surface area contributed by atoms with Gasteiger partial charge in [0, 0.05) is 23.8 Å². The second-order valence-electron chi connectivity index (χ2n) is 3.73. The first kappa shape index (κ1) is 11.8. The van der Waals surface area contributed by atoms with Gasteiger partial charge in [-0.3, -0.25) is 4.79 Å². The standard InChI is InChI=1S/C11H12N2O3S/c1-7-5-17-6-8(7)11-12-9(16-13-11)3-2-4-10(14)15/h5-6H,2-4H2,1H3,(H,14,15). The Morgan fingerprint density at radius 1 is 1.53 bits per heavy atom. The fourth-order valence-corrected chi connectivity index (χ4v) is 2.27. The molecule has 17 heavy (non-hydrogen) atoms. The molecule has 2 heterocycles. The fraction of sp³-hybridized carbons (Fsp3) is 0.364. The molecule has 0 bridgehead atoms. The van der Waals surface area contributed by atoms with Crippen molar-refractivity contribution in [2.24, 2.45) is 0 Å². The summed E-state index contributed by atoms with van der Waals surface area (Å²) in [5, 5.41) is 16.4. The van der Waals surface area contributed by atoms with Crippen LogP contribution >= 0.6 is 11.3 Å². The molecule has 0 spiro atoms. The highest BCUT2D eigenvalue weighted by Crippen LogP contribution is 2.24. The Morgan fingerprint density at radius 2 is 2.35 bits per heavy atom. The van der Waals surface area contributed by atoms with Crippen molar-refractivity contribution in [3.8, 4) is 11.4 Å². The third kappa shape index (κ3) is 2.91. The van der Waals surface area contributed by atoms with Crippen LogP contribution in [0.25, 0.3) is 11.4 Å². The van der Waals surface area contributed by atoms with Crippen LogP contribution in [0.2, 0.25) is 0 Å². The van der Waals surface area contributed by atoms with Crippen molar-refractivity contribution in [2.75, 3.05) is 0 Å². The van der Waals surface area contributed by atoms with Crippen molar-refractivity contribution in [1.82, 2.24) is 10.1 Å². The number of aromatic nitrogens is 2. The molecule has 2 rings (SSSR count). The molecule has 1 N–H and O–H groups in total. The van der Waals surface area contributed by atoms with Crippen molar-refractivity contribution >= 4 is 17.3 Å². The van der Waals surface area contributed by atoms with Crippen molar-refractivity contribution in [3.05, 3.63) is 22.2 Å². The van der Waals surface area contributed by atoms with Gasteiger partial charge in [-0.15, -0.1) is 0 Å². The van der Waals surface area contributed by atoms with E-state index < -0.39 is 5.97 Å². The number of nitrogens with zero attached hydrogens (tertiary/aromatic N) is 2. The van der Waals surface area contributed by atoms with Crippen LogP contribution in [0.15, 0.2) is 15.3 Å². The van der Waals surface area contributed by atoms with E-state index in [-0.39, 0.29) is 6.42 Å². The van der Waals surface area contributed by atoms with Crippen LogP contribution in [0, 0.1) is 6.92 Å². The quantitative estimate of drug-likeness (QED) is 0.884. The molecule has 0 fully saturated rings. The van der Waals surface area contributed by atoms with E-state index in [0.29, 0.717) is 24.6 Å². The Bertz CT molecular complexity index is 518. The maximum atomic E-state index is 10.4. The number of thiophene rings is 1. The van der Waals surface area contributed by atoms with Crippen molar-refractivity contribution in [3.63, 3.8) is 0 Å². The molecule has 0 aromatic carbocycles. The molecule has 2 aromatic heterocycles. The molecule has 0 saturated heterocycles. The summed E-state index contributed by atoms with van der Waals surface area (Å²) in [7, 11) is 0. The van der Waals surface area contributed by atoms with Crippen LogP contribution in [-0.2, 0) is 11.2 Å². The van der Waals surface area contributed by atoms with Crippen molar-refractivity contribution < 1.29 is 14.4 Å². The van der Waals surface area contributed by atoms with Gasteiger partial charge in [0.15, 0.2) is 0 Å². The van der Waals surface area contributed by atoms with Gasteiger partial charge in [-0.2, -0.15) is 16.3 Å². The summed E-state index contributed by atoms with van der Waals surface area (Å²) < 4.78 is 5.08. The first-order chi connectivity index (χ1) is 8.16. The molecule has 0 unspecified atom stereocenters. The molecule has 90 valence electrons. The van der Waals surface area contributed by atoms with Gasteiger partial charge in [0.2, 0.25) is 11.7 Å². The molecular weight excluding hydrogens is 240 g/mol. The summed E-state index contributed by atoms with van der Waals surface area (Å²) in [5.41, 5.74) is 2.09. The van der Waals surface area contributed by atoms with Gasteiger partial charge in [0.05, 0.1) is 0 Å². The highest BCUT2D eigenvalue weighted by Gasteiger charge is 2.11. The molecule has 0 radical (unpaired) electrons. The van der Waals surface area contributed by atoms with Gasteiger partial charge in [-0.25, -0.2) is 0 Å². The number of carbonyl (C=O) groups is 1. The zero-order valence-corrected chi connectivity index (χ0v) is 10.2. The number of hydrogen-bond donors (Lipinski definition) is 1. The second-order valence-corrected chi connectivity index (χ2v) is 4.47. The topological polar surface area (TPSA) is 76.2 Å². The van der Waals surface area contributed by atoms with Crippen molar-refractivity contribution in [1.29, 1.82) is 0 Å². The first-order valence-corrected chi connectivity index (χ1v) is 6.18. The SMILES string of the molecule is Cc1cscc1-c1noc(CCCC(=O)O)n1. The molecule has 2 aromatic rings. The van der Waals surface area contributed by atoms with Crippen LogP contribution in [0.1, 0.15) is 24.3 Å². The lowest BCUT2D eigenvalue weighted by atomic mass is 10.2. The van der Waals surface area contributed by atoms with E-state index in [0.717, 1.165) is 11.1 Å². The maximum Gasteiger partial charge on any atom is 0.303 e. The lowest BCUT2D eigenvalue weighted by Crippen LogP contribution is -1.95.